The molecule has 0 saturated carbocycles. The molecule has 4 heteroatoms. The minimum Gasteiger partial charge on any atom is -0.375 e. The van der Waals surface area contributed by atoms with Crippen LogP contribution in [0.25, 0.3) is 0 Å². The molecule has 0 aliphatic rings. The molecule has 0 saturated heterocycles. The Balaban J connectivity index is 4.10. The zero-order valence-corrected chi connectivity index (χ0v) is 7.54. The van der Waals surface area contributed by atoms with E-state index < -0.39 is 0 Å². The SMILES string of the molecule is C=C[C@@H](OC)[C@H](CN)NC(C)=O. The van der Waals surface area contributed by atoms with E-state index in [0.717, 1.165) is 0 Å². The number of methoxy groups -OCH3 is 1. The predicted octanol–water partition coefficient (Wildman–Crippen LogP) is -0.349. The van der Waals surface area contributed by atoms with Crippen LogP contribution in [0.3, 0.4) is 0 Å². The van der Waals surface area contributed by atoms with E-state index in [0.29, 0.717) is 6.54 Å². The summed E-state index contributed by atoms with van der Waals surface area (Å²) in [6.45, 7) is 5.36. The number of nitrogens with one attached hydrogen (secondary N) is 1. The molecule has 0 heterocycles. The minimum absolute atomic E-state index is 0.116. The Bertz CT molecular complexity index is 159. The molecular formula is C8H16N2O2. The second kappa shape index (κ2) is 5.74. The van der Waals surface area contributed by atoms with Gasteiger partial charge in [0.25, 0.3) is 0 Å². The fraction of sp³-hybridized carbons (Fsp3) is 0.625. The highest BCUT2D eigenvalue weighted by Crippen LogP contribution is 1.97. The van der Waals surface area contributed by atoms with Gasteiger partial charge in [-0.25, -0.2) is 0 Å². The van der Waals surface area contributed by atoms with E-state index in [9.17, 15) is 4.79 Å². The summed E-state index contributed by atoms with van der Waals surface area (Å²) in [4.78, 5) is 10.7. The van der Waals surface area contributed by atoms with Crippen LogP contribution in [0.1, 0.15) is 6.92 Å². The monoisotopic (exact) mass is 172 g/mol. The molecule has 0 aromatic heterocycles. The third-order valence-electron chi connectivity index (χ3n) is 1.54. The number of rotatable bonds is 5. The van der Waals surface area contributed by atoms with Gasteiger partial charge in [0.15, 0.2) is 0 Å². The molecule has 0 aromatic carbocycles. The Morgan fingerprint density at radius 1 is 1.83 bits per heavy atom. The van der Waals surface area contributed by atoms with Gasteiger partial charge in [0.1, 0.15) is 0 Å². The van der Waals surface area contributed by atoms with Gasteiger partial charge < -0.3 is 15.8 Å². The van der Waals surface area contributed by atoms with Gasteiger partial charge in [0.05, 0.1) is 12.1 Å². The predicted molar refractivity (Wildman–Crippen MR) is 47.7 cm³/mol. The summed E-state index contributed by atoms with van der Waals surface area (Å²) < 4.78 is 5.04. The molecule has 2 atom stereocenters. The van der Waals surface area contributed by atoms with E-state index in [4.69, 9.17) is 10.5 Å². The average molecular weight is 172 g/mol. The molecule has 0 fully saturated rings. The highest BCUT2D eigenvalue weighted by Gasteiger charge is 2.16. The lowest BCUT2D eigenvalue weighted by Gasteiger charge is -2.22. The van der Waals surface area contributed by atoms with E-state index in [-0.39, 0.29) is 18.1 Å². The first kappa shape index (κ1) is 11.1. The van der Waals surface area contributed by atoms with Crippen LogP contribution >= 0.6 is 0 Å². The van der Waals surface area contributed by atoms with Gasteiger partial charge in [-0.05, 0) is 0 Å². The number of carbonyl (C=O) groups excluding carboxylic acids is 1. The van der Waals surface area contributed by atoms with E-state index in [2.05, 4.69) is 11.9 Å². The van der Waals surface area contributed by atoms with Gasteiger partial charge in [0.2, 0.25) is 5.91 Å². The molecule has 70 valence electrons. The summed E-state index contributed by atoms with van der Waals surface area (Å²) in [6, 6.07) is -0.190. The van der Waals surface area contributed by atoms with Gasteiger partial charge >= 0.3 is 0 Å². The molecule has 0 bridgehead atoms. The lowest BCUT2D eigenvalue weighted by atomic mass is 10.1. The fourth-order valence-electron chi connectivity index (χ4n) is 0.961. The minimum atomic E-state index is -0.223. The van der Waals surface area contributed by atoms with Gasteiger partial charge in [-0.3, -0.25) is 4.79 Å². The van der Waals surface area contributed by atoms with Crippen molar-refractivity contribution in [2.45, 2.75) is 19.1 Å². The third-order valence-corrected chi connectivity index (χ3v) is 1.54. The molecular weight excluding hydrogens is 156 g/mol. The lowest BCUT2D eigenvalue weighted by Crippen LogP contribution is -2.47. The number of carbonyl (C=O) groups is 1. The first-order valence-corrected chi connectivity index (χ1v) is 3.78. The first-order chi connectivity index (χ1) is 5.65. The van der Waals surface area contributed by atoms with Crippen LogP contribution < -0.4 is 11.1 Å². The molecule has 0 spiro atoms. The normalized spacial score (nSPS) is 14.9. The van der Waals surface area contributed by atoms with Crippen LogP contribution in [0.2, 0.25) is 0 Å². The van der Waals surface area contributed by atoms with Crippen molar-refractivity contribution in [3.63, 3.8) is 0 Å². The van der Waals surface area contributed by atoms with Crippen molar-refractivity contribution in [2.75, 3.05) is 13.7 Å². The number of hydrogen-bond acceptors (Lipinski definition) is 3. The summed E-state index contributed by atoms with van der Waals surface area (Å²) in [7, 11) is 1.55. The van der Waals surface area contributed by atoms with Crippen molar-refractivity contribution in [1.82, 2.24) is 5.32 Å². The van der Waals surface area contributed by atoms with Crippen LogP contribution in [0.5, 0.6) is 0 Å². The highest BCUT2D eigenvalue weighted by molar-refractivity contribution is 5.73. The summed E-state index contributed by atoms with van der Waals surface area (Å²) in [6.07, 6.45) is 1.40. The van der Waals surface area contributed by atoms with Gasteiger partial charge in [-0.2, -0.15) is 0 Å². The van der Waals surface area contributed by atoms with E-state index >= 15 is 0 Å². The van der Waals surface area contributed by atoms with Crippen molar-refractivity contribution >= 4 is 5.91 Å². The van der Waals surface area contributed by atoms with Crippen molar-refractivity contribution in [3.8, 4) is 0 Å². The molecule has 0 radical (unpaired) electrons. The molecule has 0 aliphatic heterocycles. The standard InChI is InChI=1S/C8H16N2O2/c1-4-8(12-3)7(5-9)10-6(2)11/h4,7-8H,1,5,9H2,2-3H3,(H,10,11)/t7-,8+/m0/s1. The van der Waals surface area contributed by atoms with Crippen molar-refractivity contribution in [3.05, 3.63) is 12.7 Å². The molecule has 0 aromatic rings. The zero-order chi connectivity index (χ0) is 9.56. The number of ether oxygens (including phenoxy) is 1. The smallest absolute Gasteiger partial charge is 0.217 e. The lowest BCUT2D eigenvalue weighted by molar-refractivity contribution is -0.120. The Labute approximate surface area is 72.8 Å². The van der Waals surface area contributed by atoms with Crippen molar-refractivity contribution < 1.29 is 9.53 Å². The van der Waals surface area contributed by atoms with Crippen LogP contribution in [0.4, 0.5) is 0 Å². The largest absolute Gasteiger partial charge is 0.375 e. The van der Waals surface area contributed by atoms with Crippen molar-refractivity contribution in [1.29, 1.82) is 0 Å². The van der Waals surface area contributed by atoms with E-state index in [1.54, 1.807) is 13.2 Å². The zero-order valence-electron chi connectivity index (χ0n) is 7.54. The highest BCUT2D eigenvalue weighted by atomic mass is 16.5. The summed E-state index contributed by atoms with van der Waals surface area (Å²) in [5.74, 6) is -0.116. The molecule has 4 nitrogen and oxygen atoms in total. The van der Waals surface area contributed by atoms with Crippen LogP contribution in [-0.4, -0.2) is 31.7 Å². The molecule has 3 N–H and O–H groups in total. The molecule has 0 aliphatic carbocycles. The van der Waals surface area contributed by atoms with Gasteiger partial charge in [-0.15, -0.1) is 6.58 Å². The maximum atomic E-state index is 10.7. The summed E-state index contributed by atoms with van der Waals surface area (Å²) in [5.41, 5.74) is 5.43. The Morgan fingerprint density at radius 2 is 2.42 bits per heavy atom. The number of nitrogens with two attached hydrogens (primary N) is 1. The second-order valence-corrected chi connectivity index (χ2v) is 2.48. The molecule has 1 amide bonds. The Kier molecular flexibility index (Phi) is 5.32. The Hall–Kier alpha value is -0.870. The second-order valence-electron chi connectivity index (χ2n) is 2.48. The fourth-order valence-corrected chi connectivity index (χ4v) is 0.961. The summed E-state index contributed by atoms with van der Waals surface area (Å²) in [5, 5.41) is 2.67. The molecule has 0 rings (SSSR count). The molecule has 0 unspecified atom stereocenters. The van der Waals surface area contributed by atoms with Gasteiger partial charge in [0, 0.05) is 20.6 Å². The van der Waals surface area contributed by atoms with E-state index in [1.807, 2.05) is 0 Å². The average Bonchev–Trinajstić information content (AvgIpc) is 2.04. The summed E-state index contributed by atoms with van der Waals surface area (Å²) >= 11 is 0. The number of hydrogen-bond donors (Lipinski definition) is 2. The maximum absolute atomic E-state index is 10.7. The van der Waals surface area contributed by atoms with Crippen LogP contribution in [-0.2, 0) is 9.53 Å². The quantitative estimate of drug-likeness (QED) is 0.557. The van der Waals surface area contributed by atoms with Crippen molar-refractivity contribution in [2.24, 2.45) is 5.73 Å². The Morgan fingerprint density at radius 3 is 2.67 bits per heavy atom. The third kappa shape index (κ3) is 3.50. The topological polar surface area (TPSA) is 64.3 Å². The maximum Gasteiger partial charge on any atom is 0.217 e. The van der Waals surface area contributed by atoms with E-state index in [1.165, 1.54) is 6.92 Å². The number of amides is 1. The van der Waals surface area contributed by atoms with Crippen LogP contribution in [0.15, 0.2) is 12.7 Å². The van der Waals surface area contributed by atoms with Gasteiger partial charge in [-0.1, -0.05) is 6.08 Å². The molecule has 12 heavy (non-hydrogen) atoms. The van der Waals surface area contributed by atoms with Crippen LogP contribution in [0, 0.1) is 0 Å². The first-order valence-electron chi connectivity index (χ1n) is 3.78.